The van der Waals surface area contributed by atoms with E-state index in [-0.39, 0.29) is 24.1 Å². The molecule has 2 aromatic rings. The number of amides is 1. The van der Waals surface area contributed by atoms with Gasteiger partial charge >= 0.3 is 0 Å². The van der Waals surface area contributed by atoms with Gasteiger partial charge in [-0.25, -0.2) is 8.78 Å². The summed E-state index contributed by atoms with van der Waals surface area (Å²) >= 11 is 3.33. The number of benzene rings is 1. The monoisotopic (exact) mass is 356 g/mol. The lowest BCUT2D eigenvalue weighted by atomic mass is 10.2. The molecule has 0 bridgehead atoms. The first-order valence-electron chi connectivity index (χ1n) is 6.48. The van der Waals surface area contributed by atoms with E-state index in [0.29, 0.717) is 5.69 Å². The number of carbonyl (C=O) groups excluding carboxylic acids is 1. The van der Waals surface area contributed by atoms with Gasteiger partial charge in [0.05, 0.1) is 0 Å². The van der Waals surface area contributed by atoms with Crippen LogP contribution in [-0.4, -0.2) is 10.5 Å². The van der Waals surface area contributed by atoms with Gasteiger partial charge in [-0.05, 0) is 41.9 Å². The largest absolute Gasteiger partial charge is 0.347 e. The highest BCUT2D eigenvalue weighted by Crippen LogP contribution is 2.19. The van der Waals surface area contributed by atoms with Gasteiger partial charge < -0.3 is 9.88 Å². The second-order valence-electron chi connectivity index (χ2n) is 4.96. The molecule has 3 nitrogen and oxygen atoms in total. The zero-order valence-corrected chi connectivity index (χ0v) is 13.2. The molecular weight excluding hydrogens is 342 g/mol. The number of rotatable bonds is 4. The molecule has 6 heteroatoms. The van der Waals surface area contributed by atoms with Crippen LogP contribution in [0.1, 0.15) is 35.9 Å². The number of aromatic nitrogens is 1. The van der Waals surface area contributed by atoms with Crippen molar-refractivity contribution in [3.05, 3.63) is 57.8 Å². The Bertz CT molecular complexity index is 668. The highest BCUT2D eigenvalue weighted by molar-refractivity contribution is 9.10. The molecule has 0 unspecified atom stereocenters. The van der Waals surface area contributed by atoms with Crippen molar-refractivity contribution in [3.63, 3.8) is 0 Å². The number of hydrogen-bond donors (Lipinski definition) is 1. The van der Waals surface area contributed by atoms with Crippen LogP contribution < -0.4 is 5.32 Å². The van der Waals surface area contributed by atoms with Gasteiger partial charge in [0, 0.05) is 34.9 Å². The van der Waals surface area contributed by atoms with Crippen molar-refractivity contribution in [2.24, 2.45) is 0 Å². The molecule has 1 N–H and O–H groups in total. The average molecular weight is 357 g/mol. The van der Waals surface area contributed by atoms with E-state index >= 15 is 0 Å². The Morgan fingerprint density at radius 1 is 1.33 bits per heavy atom. The minimum absolute atomic E-state index is 0.00579. The highest BCUT2D eigenvalue weighted by atomic mass is 79.9. The van der Waals surface area contributed by atoms with Gasteiger partial charge in [0.15, 0.2) is 0 Å². The fourth-order valence-corrected chi connectivity index (χ4v) is 2.42. The minimum Gasteiger partial charge on any atom is -0.347 e. The van der Waals surface area contributed by atoms with Gasteiger partial charge in [-0.15, -0.1) is 0 Å². The second kappa shape index (κ2) is 6.39. The summed E-state index contributed by atoms with van der Waals surface area (Å²) in [5.41, 5.74) is 0.728. The van der Waals surface area contributed by atoms with Gasteiger partial charge in [0.25, 0.3) is 5.91 Å². The Morgan fingerprint density at radius 2 is 2.05 bits per heavy atom. The zero-order chi connectivity index (χ0) is 15.6. The first-order chi connectivity index (χ1) is 9.88. The first kappa shape index (κ1) is 15.7. The molecule has 0 aliphatic heterocycles. The molecule has 1 aromatic heterocycles. The van der Waals surface area contributed by atoms with E-state index in [1.807, 2.05) is 24.6 Å². The quantitative estimate of drug-likeness (QED) is 0.881. The summed E-state index contributed by atoms with van der Waals surface area (Å²) in [6, 6.07) is 5.12. The van der Waals surface area contributed by atoms with Crippen molar-refractivity contribution in [2.45, 2.75) is 26.4 Å². The first-order valence-corrected chi connectivity index (χ1v) is 7.27. The second-order valence-corrected chi connectivity index (χ2v) is 5.88. The summed E-state index contributed by atoms with van der Waals surface area (Å²) in [6.45, 7) is 3.93. The van der Waals surface area contributed by atoms with Crippen LogP contribution in [0.4, 0.5) is 8.78 Å². The number of halogens is 3. The Balaban J connectivity index is 2.12. The SMILES string of the molecule is CC(C)n1cc(Br)cc1C(=O)NCc1ccc(F)cc1F. The normalized spacial score (nSPS) is 11.0. The van der Waals surface area contributed by atoms with Gasteiger partial charge in [0.2, 0.25) is 0 Å². The van der Waals surface area contributed by atoms with E-state index in [1.54, 1.807) is 6.07 Å². The third kappa shape index (κ3) is 3.69. The molecule has 0 saturated carbocycles. The fraction of sp³-hybridized carbons (Fsp3) is 0.267. The van der Waals surface area contributed by atoms with Crippen molar-refractivity contribution in [2.75, 3.05) is 0 Å². The highest BCUT2D eigenvalue weighted by Gasteiger charge is 2.15. The maximum atomic E-state index is 13.5. The van der Waals surface area contributed by atoms with E-state index in [1.165, 1.54) is 6.07 Å². The van der Waals surface area contributed by atoms with Crippen LogP contribution in [0.2, 0.25) is 0 Å². The summed E-state index contributed by atoms with van der Waals surface area (Å²) in [5.74, 6) is -1.62. The number of nitrogens with zero attached hydrogens (tertiary/aromatic N) is 1. The van der Waals surface area contributed by atoms with Crippen LogP contribution in [-0.2, 0) is 6.54 Å². The van der Waals surface area contributed by atoms with Gasteiger partial charge in [-0.1, -0.05) is 6.07 Å². The molecular formula is C15H15BrF2N2O. The molecule has 1 aromatic carbocycles. The summed E-state index contributed by atoms with van der Waals surface area (Å²) in [5, 5.41) is 2.64. The molecule has 2 rings (SSSR count). The lowest BCUT2D eigenvalue weighted by Crippen LogP contribution is -2.26. The molecule has 0 atom stereocenters. The van der Waals surface area contributed by atoms with E-state index in [0.717, 1.165) is 16.6 Å². The van der Waals surface area contributed by atoms with Crippen LogP contribution in [0.25, 0.3) is 0 Å². The van der Waals surface area contributed by atoms with Gasteiger partial charge in [0.1, 0.15) is 17.3 Å². The third-order valence-electron chi connectivity index (χ3n) is 3.06. The van der Waals surface area contributed by atoms with Crippen LogP contribution in [0, 0.1) is 11.6 Å². The van der Waals surface area contributed by atoms with Crippen molar-refractivity contribution in [3.8, 4) is 0 Å². The van der Waals surface area contributed by atoms with E-state index < -0.39 is 11.6 Å². The van der Waals surface area contributed by atoms with Crippen LogP contribution >= 0.6 is 15.9 Å². The molecule has 0 aliphatic carbocycles. The van der Waals surface area contributed by atoms with Crippen LogP contribution in [0.15, 0.2) is 34.9 Å². The lowest BCUT2D eigenvalue weighted by molar-refractivity contribution is 0.0940. The molecule has 112 valence electrons. The molecule has 0 fully saturated rings. The van der Waals surface area contributed by atoms with E-state index in [4.69, 9.17) is 0 Å². The minimum atomic E-state index is -0.671. The lowest BCUT2D eigenvalue weighted by Gasteiger charge is -2.13. The van der Waals surface area contributed by atoms with Gasteiger partial charge in [-0.2, -0.15) is 0 Å². The number of nitrogens with one attached hydrogen (secondary N) is 1. The van der Waals surface area contributed by atoms with Crippen molar-refractivity contribution >= 4 is 21.8 Å². The molecule has 0 spiro atoms. The van der Waals surface area contributed by atoms with Crippen molar-refractivity contribution < 1.29 is 13.6 Å². The van der Waals surface area contributed by atoms with Crippen LogP contribution in [0.3, 0.4) is 0 Å². The van der Waals surface area contributed by atoms with Crippen LogP contribution in [0.5, 0.6) is 0 Å². The molecule has 0 saturated heterocycles. The van der Waals surface area contributed by atoms with Crippen molar-refractivity contribution in [1.29, 1.82) is 0 Å². The summed E-state index contributed by atoms with van der Waals surface area (Å²) in [7, 11) is 0. The fourth-order valence-electron chi connectivity index (χ4n) is 1.99. The molecule has 0 aliphatic rings. The number of carbonyl (C=O) groups is 1. The Labute approximate surface area is 130 Å². The Kier molecular flexibility index (Phi) is 4.77. The Morgan fingerprint density at radius 3 is 2.67 bits per heavy atom. The number of hydrogen-bond acceptors (Lipinski definition) is 1. The summed E-state index contributed by atoms with van der Waals surface area (Å²) in [6.07, 6.45) is 1.82. The zero-order valence-electron chi connectivity index (χ0n) is 11.7. The summed E-state index contributed by atoms with van der Waals surface area (Å²) < 4.78 is 29.0. The summed E-state index contributed by atoms with van der Waals surface area (Å²) in [4.78, 5) is 12.2. The molecule has 0 radical (unpaired) electrons. The predicted octanol–water partition coefficient (Wildman–Crippen LogP) is 4.04. The Hall–Kier alpha value is -1.69. The van der Waals surface area contributed by atoms with Gasteiger partial charge in [-0.3, -0.25) is 4.79 Å². The smallest absolute Gasteiger partial charge is 0.268 e. The van der Waals surface area contributed by atoms with E-state index in [9.17, 15) is 13.6 Å². The standard InChI is InChI=1S/C15H15BrF2N2O/c1-9(2)20-8-11(16)5-14(20)15(21)19-7-10-3-4-12(17)6-13(10)18/h3-6,8-9H,7H2,1-2H3,(H,19,21). The van der Waals surface area contributed by atoms with E-state index in [2.05, 4.69) is 21.2 Å². The molecule has 21 heavy (non-hydrogen) atoms. The third-order valence-corrected chi connectivity index (χ3v) is 3.49. The topological polar surface area (TPSA) is 34.0 Å². The maximum absolute atomic E-state index is 13.5. The molecule has 1 heterocycles. The van der Waals surface area contributed by atoms with Crippen molar-refractivity contribution in [1.82, 2.24) is 9.88 Å². The maximum Gasteiger partial charge on any atom is 0.268 e. The average Bonchev–Trinajstić information content (AvgIpc) is 2.80. The predicted molar refractivity (Wildman–Crippen MR) is 80.0 cm³/mol. The molecule has 1 amide bonds.